The van der Waals surface area contributed by atoms with E-state index in [1.54, 1.807) is 6.20 Å². The third kappa shape index (κ3) is 6.55. The van der Waals surface area contributed by atoms with Crippen molar-refractivity contribution in [3.05, 3.63) is 30.1 Å². The molecule has 0 radical (unpaired) electrons. The van der Waals surface area contributed by atoms with Crippen LogP contribution in [0, 0.1) is 5.92 Å². The first-order valence-corrected chi connectivity index (χ1v) is 6.50. The number of aryl methyl sites for hydroxylation is 1. The predicted molar refractivity (Wildman–Crippen MR) is 71.6 cm³/mol. The third-order valence-electron chi connectivity index (χ3n) is 2.96. The molecule has 2 N–H and O–H groups in total. The van der Waals surface area contributed by atoms with Crippen molar-refractivity contribution in [2.24, 2.45) is 5.92 Å². The topological polar surface area (TPSA) is 79.3 Å². The summed E-state index contributed by atoms with van der Waals surface area (Å²) in [5.74, 6) is -0.889. The molecule has 1 amide bonds. The molecule has 0 bridgehead atoms. The predicted octanol–water partition coefficient (Wildman–Crippen LogP) is 1.63. The Morgan fingerprint density at radius 3 is 2.79 bits per heavy atom. The summed E-state index contributed by atoms with van der Waals surface area (Å²) in [5.41, 5.74) is 0.884. The van der Waals surface area contributed by atoms with E-state index in [0.29, 0.717) is 19.4 Å². The summed E-state index contributed by atoms with van der Waals surface area (Å²) < 4.78 is 0. The van der Waals surface area contributed by atoms with Gasteiger partial charge in [0.25, 0.3) is 0 Å². The van der Waals surface area contributed by atoms with Crippen molar-refractivity contribution in [2.75, 3.05) is 6.54 Å². The summed E-state index contributed by atoms with van der Waals surface area (Å²) in [6, 6.07) is 5.61. The van der Waals surface area contributed by atoms with Crippen molar-refractivity contribution in [3.8, 4) is 0 Å². The molecule has 0 aromatic carbocycles. The van der Waals surface area contributed by atoms with E-state index in [-0.39, 0.29) is 18.2 Å². The molecular formula is C14H20N2O3. The molecule has 19 heavy (non-hydrogen) atoms. The van der Waals surface area contributed by atoms with Crippen LogP contribution >= 0.6 is 0 Å². The molecular weight excluding hydrogens is 244 g/mol. The lowest BCUT2D eigenvalue weighted by Gasteiger charge is -2.13. The van der Waals surface area contributed by atoms with E-state index in [2.05, 4.69) is 10.3 Å². The number of aliphatic carboxylic acids is 1. The van der Waals surface area contributed by atoms with Crippen LogP contribution in [0.3, 0.4) is 0 Å². The second-order valence-electron chi connectivity index (χ2n) is 4.50. The Balaban J connectivity index is 2.25. The summed E-state index contributed by atoms with van der Waals surface area (Å²) in [7, 11) is 0. The van der Waals surface area contributed by atoms with Crippen LogP contribution in [0.25, 0.3) is 0 Å². The number of amides is 1. The van der Waals surface area contributed by atoms with E-state index in [9.17, 15) is 9.59 Å². The van der Waals surface area contributed by atoms with Gasteiger partial charge in [-0.3, -0.25) is 14.6 Å². The summed E-state index contributed by atoms with van der Waals surface area (Å²) in [6.07, 6.45) is 3.51. The maximum atomic E-state index is 11.6. The van der Waals surface area contributed by atoms with Crippen LogP contribution in [-0.4, -0.2) is 28.5 Å². The first-order valence-electron chi connectivity index (χ1n) is 6.50. The summed E-state index contributed by atoms with van der Waals surface area (Å²) in [5, 5.41) is 11.5. The number of carbonyl (C=O) groups is 2. The molecule has 0 spiro atoms. The maximum absolute atomic E-state index is 11.6. The molecule has 1 heterocycles. The van der Waals surface area contributed by atoms with E-state index in [4.69, 9.17) is 5.11 Å². The van der Waals surface area contributed by atoms with Gasteiger partial charge in [0, 0.05) is 31.3 Å². The van der Waals surface area contributed by atoms with Gasteiger partial charge in [-0.25, -0.2) is 0 Å². The Morgan fingerprint density at radius 1 is 1.42 bits per heavy atom. The number of carboxylic acids is 1. The fourth-order valence-electron chi connectivity index (χ4n) is 1.74. The molecule has 0 aliphatic carbocycles. The first-order chi connectivity index (χ1) is 9.11. The molecule has 0 saturated carbocycles. The van der Waals surface area contributed by atoms with Gasteiger partial charge < -0.3 is 10.4 Å². The molecule has 1 aromatic rings. The van der Waals surface area contributed by atoms with Crippen LogP contribution < -0.4 is 5.32 Å². The van der Waals surface area contributed by atoms with Gasteiger partial charge in [0.15, 0.2) is 0 Å². The standard InChI is InChI=1S/C14H20N2O3/c1-2-11(9-14(18)19)10-16-13(17)7-6-12-5-3-4-8-15-12/h3-5,8,11H,2,6-7,9-10H2,1H3,(H,16,17)(H,18,19). The van der Waals surface area contributed by atoms with E-state index in [0.717, 1.165) is 12.1 Å². The zero-order valence-electron chi connectivity index (χ0n) is 11.1. The maximum Gasteiger partial charge on any atom is 0.303 e. The number of carbonyl (C=O) groups excluding carboxylic acids is 1. The SMILES string of the molecule is CCC(CNC(=O)CCc1ccccn1)CC(=O)O. The van der Waals surface area contributed by atoms with Crippen molar-refractivity contribution < 1.29 is 14.7 Å². The minimum Gasteiger partial charge on any atom is -0.481 e. The van der Waals surface area contributed by atoms with Crippen molar-refractivity contribution in [3.63, 3.8) is 0 Å². The normalized spacial score (nSPS) is 11.8. The van der Waals surface area contributed by atoms with E-state index in [1.807, 2.05) is 25.1 Å². The minimum atomic E-state index is -0.824. The molecule has 1 atom stereocenters. The van der Waals surface area contributed by atoms with Crippen LogP contribution in [0.5, 0.6) is 0 Å². The molecule has 1 aromatic heterocycles. The number of nitrogens with zero attached hydrogens (tertiary/aromatic N) is 1. The fraction of sp³-hybridized carbons (Fsp3) is 0.500. The number of rotatable bonds is 8. The lowest BCUT2D eigenvalue weighted by molar-refractivity contribution is -0.138. The molecule has 104 valence electrons. The quantitative estimate of drug-likeness (QED) is 0.748. The lowest BCUT2D eigenvalue weighted by atomic mass is 10.0. The number of nitrogens with one attached hydrogen (secondary N) is 1. The number of aromatic nitrogens is 1. The molecule has 5 nitrogen and oxygen atoms in total. The largest absolute Gasteiger partial charge is 0.481 e. The summed E-state index contributed by atoms with van der Waals surface area (Å²) in [6.45, 7) is 2.34. The highest BCUT2D eigenvalue weighted by atomic mass is 16.4. The zero-order chi connectivity index (χ0) is 14.1. The molecule has 0 saturated heterocycles. The van der Waals surface area contributed by atoms with Crippen molar-refractivity contribution >= 4 is 11.9 Å². The molecule has 0 aliphatic heterocycles. The van der Waals surface area contributed by atoms with Crippen LogP contribution in [0.1, 0.15) is 31.9 Å². The Kier molecular flexibility index (Phi) is 6.57. The van der Waals surface area contributed by atoms with E-state index < -0.39 is 5.97 Å². The zero-order valence-corrected chi connectivity index (χ0v) is 11.1. The third-order valence-corrected chi connectivity index (χ3v) is 2.96. The second kappa shape index (κ2) is 8.24. The average molecular weight is 264 g/mol. The smallest absolute Gasteiger partial charge is 0.303 e. The van der Waals surface area contributed by atoms with Gasteiger partial charge in [0.05, 0.1) is 0 Å². The fourth-order valence-corrected chi connectivity index (χ4v) is 1.74. The van der Waals surface area contributed by atoms with Crippen molar-refractivity contribution in [2.45, 2.75) is 32.6 Å². The molecule has 0 fully saturated rings. The average Bonchev–Trinajstić information content (AvgIpc) is 2.42. The number of hydrogen-bond acceptors (Lipinski definition) is 3. The second-order valence-corrected chi connectivity index (χ2v) is 4.50. The summed E-state index contributed by atoms with van der Waals surface area (Å²) in [4.78, 5) is 26.4. The molecule has 5 heteroatoms. The van der Waals surface area contributed by atoms with Gasteiger partial charge in [-0.05, 0) is 24.5 Å². The first kappa shape index (κ1) is 15.1. The highest BCUT2D eigenvalue weighted by molar-refractivity contribution is 5.76. The van der Waals surface area contributed by atoms with Gasteiger partial charge in [-0.1, -0.05) is 19.4 Å². The number of pyridine rings is 1. The monoisotopic (exact) mass is 264 g/mol. The van der Waals surface area contributed by atoms with Gasteiger partial charge in [0.1, 0.15) is 0 Å². The van der Waals surface area contributed by atoms with Gasteiger partial charge in [-0.15, -0.1) is 0 Å². The Morgan fingerprint density at radius 2 is 2.21 bits per heavy atom. The molecule has 1 rings (SSSR count). The Hall–Kier alpha value is -1.91. The highest BCUT2D eigenvalue weighted by Crippen LogP contribution is 2.06. The highest BCUT2D eigenvalue weighted by Gasteiger charge is 2.12. The van der Waals surface area contributed by atoms with Crippen molar-refractivity contribution in [1.82, 2.24) is 10.3 Å². The minimum absolute atomic E-state index is 0.00343. The van der Waals surface area contributed by atoms with Crippen LogP contribution in [0.4, 0.5) is 0 Å². The van der Waals surface area contributed by atoms with Gasteiger partial charge in [0.2, 0.25) is 5.91 Å². The molecule has 1 unspecified atom stereocenters. The lowest BCUT2D eigenvalue weighted by Crippen LogP contribution is -2.30. The molecule has 0 aliphatic rings. The van der Waals surface area contributed by atoms with Gasteiger partial charge >= 0.3 is 5.97 Å². The van der Waals surface area contributed by atoms with E-state index in [1.165, 1.54) is 0 Å². The Labute approximate surface area is 113 Å². The van der Waals surface area contributed by atoms with Gasteiger partial charge in [-0.2, -0.15) is 0 Å². The van der Waals surface area contributed by atoms with E-state index >= 15 is 0 Å². The van der Waals surface area contributed by atoms with Crippen LogP contribution in [-0.2, 0) is 16.0 Å². The summed E-state index contributed by atoms with van der Waals surface area (Å²) >= 11 is 0. The van der Waals surface area contributed by atoms with Crippen LogP contribution in [0.15, 0.2) is 24.4 Å². The number of hydrogen-bond donors (Lipinski definition) is 2. The Bertz CT molecular complexity index is 406. The number of carboxylic acid groups (broad SMARTS) is 1. The van der Waals surface area contributed by atoms with Crippen LogP contribution in [0.2, 0.25) is 0 Å². The van der Waals surface area contributed by atoms with Crippen molar-refractivity contribution in [1.29, 1.82) is 0 Å².